The lowest BCUT2D eigenvalue weighted by Crippen LogP contribution is -2.37. The molecule has 0 fully saturated rings. The molecule has 9 nitrogen and oxygen atoms in total. The molecule has 0 saturated carbocycles. The minimum Gasteiger partial charge on any atom is -0.321 e. The number of rotatable bonds is 3. The van der Waals surface area contributed by atoms with E-state index in [1.165, 1.54) is 11.3 Å². The molecule has 4 heterocycles. The van der Waals surface area contributed by atoms with E-state index in [4.69, 9.17) is 0 Å². The largest absolute Gasteiger partial charge is 0.321 e. The maximum absolute atomic E-state index is 13.1. The zero-order valence-electron chi connectivity index (χ0n) is 15.8. The molecule has 0 atom stereocenters. The molecule has 1 aliphatic heterocycles. The Morgan fingerprint density at radius 3 is 2.63 bits per heavy atom. The Morgan fingerprint density at radius 1 is 1.19 bits per heavy atom. The molecule has 27 heavy (non-hydrogen) atoms. The lowest BCUT2D eigenvalue weighted by molar-refractivity contribution is 0.0977. The van der Waals surface area contributed by atoms with Gasteiger partial charge in [0.05, 0.1) is 23.1 Å². The molecule has 0 aromatic carbocycles. The molecular weight excluding hydrogens is 364 g/mol. The number of nitrogens with zero attached hydrogens (tertiary/aromatic N) is 7. The SMILES string of the molecule is Cc1nc2c(s1)N(C)c1nc(Nc3cnn(C)c3)ncc1N(C(C)C)C2=O. The zero-order chi connectivity index (χ0) is 19.3. The molecule has 1 aliphatic rings. The molecule has 0 saturated heterocycles. The molecule has 140 valence electrons. The van der Waals surface area contributed by atoms with E-state index in [-0.39, 0.29) is 11.9 Å². The topological polar surface area (TPSA) is 92.1 Å². The number of hydrogen-bond donors (Lipinski definition) is 1. The van der Waals surface area contributed by atoms with E-state index in [0.717, 1.165) is 15.7 Å². The van der Waals surface area contributed by atoms with Crippen LogP contribution in [0.1, 0.15) is 29.3 Å². The van der Waals surface area contributed by atoms with E-state index in [9.17, 15) is 4.79 Å². The van der Waals surface area contributed by atoms with Crippen molar-refractivity contribution in [3.8, 4) is 0 Å². The van der Waals surface area contributed by atoms with Gasteiger partial charge < -0.3 is 10.2 Å². The average molecular weight is 384 g/mol. The van der Waals surface area contributed by atoms with Gasteiger partial charge in [0.15, 0.2) is 11.5 Å². The van der Waals surface area contributed by atoms with E-state index in [1.807, 2.05) is 46.0 Å². The molecule has 0 bridgehead atoms. The van der Waals surface area contributed by atoms with Crippen LogP contribution < -0.4 is 15.1 Å². The second-order valence-corrected chi connectivity index (χ2v) is 7.83. The van der Waals surface area contributed by atoms with Gasteiger partial charge in [-0.15, -0.1) is 11.3 Å². The van der Waals surface area contributed by atoms with Crippen molar-refractivity contribution in [1.29, 1.82) is 0 Å². The second kappa shape index (κ2) is 6.31. The van der Waals surface area contributed by atoms with Crippen LogP contribution in [0.2, 0.25) is 0 Å². The predicted octanol–water partition coefficient (Wildman–Crippen LogP) is 2.86. The Labute approximate surface area is 160 Å². The van der Waals surface area contributed by atoms with Crippen LogP contribution in [0.15, 0.2) is 18.6 Å². The van der Waals surface area contributed by atoms with Crippen LogP contribution in [0.5, 0.6) is 0 Å². The highest BCUT2D eigenvalue weighted by Crippen LogP contribution is 2.42. The van der Waals surface area contributed by atoms with Crippen LogP contribution in [0.3, 0.4) is 0 Å². The molecule has 0 unspecified atom stereocenters. The molecule has 1 amide bonds. The van der Waals surface area contributed by atoms with E-state index < -0.39 is 0 Å². The van der Waals surface area contributed by atoms with Gasteiger partial charge in [0.2, 0.25) is 5.95 Å². The van der Waals surface area contributed by atoms with Crippen LogP contribution in [0.25, 0.3) is 0 Å². The van der Waals surface area contributed by atoms with Gasteiger partial charge in [-0.05, 0) is 20.8 Å². The standard InChI is InChI=1S/C17H20N8OS/c1-9(2)25-12-7-18-17(21-11-6-19-23(4)8-11)22-14(12)24(5)16-13(15(25)26)20-10(3)27-16/h6-9H,1-5H3,(H,18,21,22). The Bertz CT molecular complexity index is 1020. The summed E-state index contributed by atoms with van der Waals surface area (Å²) in [5.74, 6) is 0.960. The molecule has 10 heteroatoms. The van der Waals surface area contributed by atoms with Crippen LogP contribution in [0.4, 0.5) is 28.1 Å². The lowest BCUT2D eigenvalue weighted by atomic mass is 10.2. The molecular formula is C17H20N8OS. The normalized spacial score (nSPS) is 13.6. The molecule has 3 aromatic heterocycles. The molecule has 4 rings (SSSR count). The van der Waals surface area contributed by atoms with Gasteiger partial charge in [-0.2, -0.15) is 10.1 Å². The first kappa shape index (κ1) is 17.4. The quantitative estimate of drug-likeness (QED) is 0.742. The monoisotopic (exact) mass is 384 g/mol. The molecule has 0 spiro atoms. The van der Waals surface area contributed by atoms with E-state index in [2.05, 4.69) is 25.4 Å². The summed E-state index contributed by atoms with van der Waals surface area (Å²) in [7, 11) is 3.74. The van der Waals surface area contributed by atoms with Gasteiger partial charge in [0.25, 0.3) is 5.91 Å². The maximum Gasteiger partial charge on any atom is 0.280 e. The third kappa shape index (κ3) is 2.91. The number of carbonyl (C=O) groups is 1. The van der Waals surface area contributed by atoms with Gasteiger partial charge in [-0.3, -0.25) is 14.4 Å². The summed E-state index contributed by atoms with van der Waals surface area (Å²) >= 11 is 1.48. The molecule has 0 radical (unpaired) electrons. The van der Waals surface area contributed by atoms with E-state index in [0.29, 0.717) is 23.1 Å². The number of fused-ring (bicyclic) bond motifs is 2. The second-order valence-electron chi connectivity index (χ2n) is 6.64. The summed E-state index contributed by atoms with van der Waals surface area (Å²) in [4.78, 5) is 30.3. The lowest BCUT2D eigenvalue weighted by Gasteiger charge is -2.26. The highest BCUT2D eigenvalue weighted by molar-refractivity contribution is 7.16. The summed E-state index contributed by atoms with van der Waals surface area (Å²) in [6.07, 6.45) is 5.22. The number of hydrogen-bond acceptors (Lipinski definition) is 8. The van der Waals surface area contributed by atoms with Crippen LogP contribution in [-0.4, -0.2) is 43.7 Å². The molecule has 1 N–H and O–H groups in total. The van der Waals surface area contributed by atoms with Crippen LogP contribution in [0, 0.1) is 6.92 Å². The number of carbonyl (C=O) groups excluding carboxylic acids is 1. The van der Waals surface area contributed by atoms with Crippen molar-refractivity contribution >= 4 is 45.4 Å². The van der Waals surface area contributed by atoms with Gasteiger partial charge in [-0.1, -0.05) is 0 Å². The van der Waals surface area contributed by atoms with Crippen molar-refractivity contribution in [2.45, 2.75) is 26.8 Å². The highest BCUT2D eigenvalue weighted by atomic mass is 32.1. The number of amides is 1. The van der Waals surface area contributed by atoms with Crippen molar-refractivity contribution in [3.05, 3.63) is 29.3 Å². The highest BCUT2D eigenvalue weighted by Gasteiger charge is 2.35. The maximum atomic E-state index is 13.1. The predicted molar refractivity (Wildman–Crippen MR) is 105 cm³/mol. The first-order chi connectivity index (χ1) is 12.8. The number of anilines is 5. The number of aryl methyl sites for hydroxylation is 2. The van der Waals surface area contributed by atoms with Gasteiger partial charge in [0, 0.05) is 26.3 Å². The molecule has 3 aromatic rings. The van der Waals surface area contributed by atoms with Crippen molar-refractivity contribution in [2.75, 3.05) is 22.2 Å². The van der Waals surface area contributed by atoms with Crippen LogP contribution >= 0.6 is 11.3 Å². The first-order valence-corrected chi connectivity index (χ1v) is 9.34. The van der Waals surface area contributed by atoms with Crippen molar-refractivity contribution < 1.29 is 4.79 Å². The van der Waals surface area contributed by atoms with Crippen molar-refractivity contribution in [2.24, 2.45) is 7.05 Å². The van der Waals surface area contributed by atoms with Crippen molar-refractivity contribution in [3.63, 3.8) is 0 Å². The zero-order valence-corrected chi connectivity index (χ0v) is 16.6. The Hall–Kier alpha value is -3.01. The first-order valence-electron chi connectivity index (χ1n) is 8.52. The van der Waals surface area contributed by atoms with E-state index in [1.54, 1.807) is 22.0 Å². The van der Waals surface area contributed by atoms with E-state index >= 15 is 0 Å². The number of aromatic nitrogens is 5. The third-order valence-corrected chi connectivity index (χ3v) is 5.29. The fraction of sp³-hybridized carbons (Fsp3) is 0.353. The smallest absolute Gasteiger partial charge is 0.280 e. The van der Waals surface area contributed by atoms with Gasteiger partial charge in [-0.25, -0.2) is 9.97 Å². The third-order valence-electron chi connectivity index (χ3n) is 4.25. The number of thiazole rings is 1. The summed E-state index contributed by atoms with van der Waals surface area (Å²) in [6.45, 7) is 5.83. The fourth-order valence-corrected chi connectivity index (χ4v) is 3.94. The Balaban J connectivity index is 1.84. The summed E-state index contributed by atoms with van der Waals surface area (Å²) in [6, 6.07) is -0.0571. The average Bonchev–Trinajstić information content (AvgIpc) is 3.18. The molecule has 0 aliphatic carbocycles. The van der Waals surface area contributed by atoms with Gasteiger partial charge >= 0.3 is 0 Å². The summed E-state index contributed by atoms with van der Waals surface area (Å²) in [5.41, 5.74) is 1.91. The van der Waals surface area contributed by atoms with Gasteiger partial charge in [0.1, 0.15) is 10.7 Å². The minimum absolute atomic E-state index is 0.0571. The van der Waals surface area contributed by atoms with Crippen molar-refractivity contribution in [1.82, 2.24) is 24.7 Å². The Kier molecular flexibility index (Phi) is 4.06. The van der Waals surface area contributed by atoms with Crippen LogP contribution in [-0.2, 0) is 7.05 Å². The Morgan fingerprint density at radius 2 is 1.96 bits per heavy atom. The summed E-state index contributed by atoms with van der Waals surface area (Å²) < 4.78 is 1.70. The number of nitrogens with one attached hydrogen (secondary N) is 1. The minimum atomic E-state index is -0.133. The fourth-order valence-electron chi connectivity index (χ4n) is 3.07. The summed E-state index contributed by atoms with van der Waals surface area (Å²) in [5, 5.41) is 8.92.